The number of carbonyl (C=O) groups is 1. The highest BCUT2D eigenvalue weighted by Crippen LogP contribution is 2.45. The Kier molecular flexibility index (Phi) is 7.09. The molecule has 2 aromatic rings. The SMILES string of the molecule is COc1ccc(CP(=O)(O)CC2CNC(Cc3ccccc3C(=O)O)CO2)cc1. The predicted octanol–water partition coefficient (Wildman–Crippen LogP) is 2.76. The van der Waals surface area contributed by atoms with Crippen LogP contribution in [0.25, 0.3) is 0 Å². The lowest BCUT2D eigenvalue weighted by Gasteiger charge is -2.31. The minimum Gasteiger partial charge on any atom is -0.497 e. The number of nitrogens with one attached hydrogen (secondary N) is 1. The van der Waals surface area contributed by atoms with Gasteiger partial charge in [0.05, 0.1) is 31.5 Å². The van der Waals surface area contributed by atoms with E-state index in [4.69, 9.17) is 9.47 Å². The fraction of sp³-hybridized carbons (Fsp3) is 0.381. The summed E-state index contributed by atoms with van der Waals surface area (Å²) in [6.07, 6.45) is 0.337. The number of carboxylic acids is 1. The van der Waals surface area contributed by atoms with Gasteiger partial charge in [0.2, 0.25) is 7.37 Å². The van der Waals surface area contributed by atoms with Gasteiger partial charge < -0.3 is 24.8 Å². The highest BCUT2D eigenvalue weighted by atomic mass is 31.2. The molecule has 1 saturated heterocycles. The second-order valence-electron chi connectivity index (χ2n) is 7.26. The first-order valence-electron chi connectivity index (χ1n) is 9.46. The van der Waals surface area contributed by atoms with Crippen molar-refractivity contribution in [1.29, 1.82) is 0 Å². The number of aromatic carboxylic acids is 1. The molecule has 7 nitrogen and oxygen atoms in total. The Morgan fingerprint density at radius 3 is 2.59 bits per heavy atom. The maximum atomic E-state index is 12.6. The molecule has 3 rings (SSSR count). The summed E-state index contributed by atoms with van der Waals surface area (Å²) in [5, 5.41) is 12.6. The van der Waals surface area contributed by atoms with E-state index in [-0.39, 0.29) is 30.0 Å². The average Bonchev–Trinajstić information content (AvgIpc) is 2.70. The van der Waals surface area contributed by atoms with Crippen LogP contribution >= 0.6 is 7.37 Å². The lowest BCUT2D eigenvalue weighted by Crippen LogP contribution is -2.48. The Morgan fingerprint density at radius 2 is 1.97 bits per heavy atom. The number of methoxy groups -OCH3 is 1. The van der Waals surface area contributed by atoms with Crippen molar-refractivity contribution >= 4 is 13.3 Å². The van der Waals surface area contributed by atoms with Crippen LogP contribution < -0.4 is 10.1 Å². The number of morpholine rings is 1. The minimum atomic E-state index is -3.40. The number of benzene rings is 2. The molecule has 0 spiro atoms. The zero-order valence-corrected chi connectivity index (χ0v) is 17.2. The van der Waals surface area contributed by atoms with Crippen molar-refractivity contribution in [3.63, 3.8) is 0 Å². The van der Waals surface area contributed by atoms with Gasteiger partial charge in [0.25, 0.3) is 0 Å². The Bertz CT molecular complexity index is 877. The van der Waals surface area contributed by atoms with Crippen LogP contribution in [0.3, 0.4) is 0 Å². The number of ether oxygens (including phenoxy) is 2. The molecule has 3 atom stereocenters. The fourth-order valence-electron chi connectivity index (χ4n) is 3.49. The lowest BCUT2D eigenvalue weighted by atomic mass is 10.00. The van der Waals surface area contributed by atoms with Gasteiger partial charge in [-0.15, -0.1) is 0 Å². The van der Waals surface area contributed by atoms with Gasteiger partial charge in [-0.1, -0.05) is 30.3 Å². The number of hydrogen-bond donors (Lipinski definition) is 3. The van der Waals surface area contributed by atoms with E-state index in [2.05, 4.69) is 5.32 Å². The average molecular weight is 419 g/mol. The number of carboxylic acid groups (broad SMARTS) is 1. The summed E-state index contributed by atoms with van der Waals surface area (Å²) in [4.78, 5) is 21.7. The van der Waals surface area contributed by atoms with Gasteiger partial charge in [-0.25, -0.2) is 4.79 Å². The Hall–Kier alpha value is -2.18. The van der Waals surface area contributed by atoms with E-state index in [1.54, 1.807) is 49.6 Å². The van der Waals surface area contributed by atoms with Gasteiger partial charge in [0.1, 0.15) is 5.75 Å². The molecule has 3 N–H and O–H groups in total. The molecule has 1 aliphatic rings. The van der Waals surface area contributed by atoms with E-state index in [0.29, 0.717) is 25.3 Å². The van der Waals surface area contributed by atoms with Crippen molar-refractivity contribution in [1.82, 2.24) is 5.32 Å². The van der Waals surface area contributed by atoms with E-state index < -0.39 is 13.3 Å². The molecular weight excluding hydrogens is 393 g/mol. The van der Waals surface area contributed by atoms with Crippen LogP contribution in [0.15, 0.2) is 48.5 Å². The maximum Gasteiger partial charge on any atom is 0.335 e. The van der Waals surface area contributed by atoms with Crippen LogP contribution in [-0.2, 0) is 21.9 Å². The number of hydrogen-bond acceptors (Lipinski definition) is 5. The van der Waals surface area contributed by atoms with Crippen LogP contribution in [0, 0.1) is 0 Å². The maximum absolute atomic E-state index is 12.6. The molecule has 0 saturated carbocycles. The second kappa shape index (κ2) is 9.55. The molecule has 0 bridgehead atoms. The lowest BCUT2D eigenvalue weighted by molar-refractivity contribution is 0.0161. The van der Waals surface area contributed by atoms with Crippen LogP contribution in [-0.4, -0.2) is 54.5 Å². The zero-order chi connectivity index (χ0) is 20.9. The highest BCUT2D eigenvalue weighted by Gasteiger charge is 2.29. The first kappa shape index (κ1) is 21.5. The van der Waals surface area contributed by atoms with Crippen molar-refractivity contribution in [2.75, 3.05) is 26.4 Å². The topological polar surface area (TPSA) is 105 Å². The molecule has 29 heavy (non-hydrogen) atoms. The van der Waals surface area contributed by atoms with Gasteiger partial charge in [0.15, 0.2) is 0 Å². The third kappa shape index (κ3) is 6.15. The molecule has 0 amide bonds. The van der Waals surface area contributed by atoms with E-state index in [1.807, 2.05) is 6.07 Å². The van der Waals surface area contributed by atoms with Crippen molar-refractivity contribution in [3.05, 3.63) is 65.2 Å². The summed E-state index contributed by atoms with van der Waals surface area (Å²) in [6.45, 7) is 0.814. The van der Waals surface area contributed by atoms with Gasteiger partial charge in [-0.05, 0) is 35.7 Å². The summed E-state index contributed by atoms with van der Waals surface area (Å²) in [7, 11) is -1.82. The van der Waals surface area contributed by atoms with Gasteiger partial charge in [-0.3, -0.25) is 4.57 Å². The standard InChI is InChI=1S/C21H26NO6P/c1-27-18-8-6-15(7-9-18)13-29(25,26)14-19-11-22-17(12-28-19)10-16-4-2-3-5-20(16)21(23)24/h2-9,17,19,22H,10-14H2,1H3,(H,23,24)(H,25,26). The smallest absolute Gasteiger partial charge is 0.335 e. The van der Waals surface area contributed by atoms with E-state index in [0.717, 1.165) is 11.1 Å². The summed E-state index contributed by atoms with van der Waals surface area (Å²) in [5.74, 6) is -0.244. The first-order valence-corrected chi connectivity index (χ1v) is 11.5. The Labute approximate surface area is 170 Å². The fourth-order valence-corrected chi connectivity index (χ4v) is 5.27. The predicted molar refractivity (Wildman–Crippen MR) is 110 cm³/mol. The van der Waals surface area contributed by atoms with E-state index in [1.165, 1.54) is 0 Å². The van der Waals surface area contributed by atoms with Crippen molar-refractivity contribution in [3.8, 4) is 5.75 Å². The molecule has 1 aliphatic heterocycles. The van der Waals surface area contributed by atoms with E-state index >= 15 is 0 Å². The molecule has 2 aromatic carbocycles. The van der Waals surface area contributed by atoms with Gasteiger partial charge in [0, 0.05) is 18.7 Å². The zero-order valence-electron chi connectivity index (χ0n) is 16.3. The molecule has 1 fully saturated rings. The molecule has 3 unspecified atom stereocenters. The third-order valence-corrected chi connectivity index (χ3v) is 6.80. The van der Waals surface area contributed by atoms with Crippen LogP contribution in [0.4, 0.5) is 0 Å². The Balaban J connectivity index is 1.51. The molecular formula is C21H26NO6P. The number of rotatable bonds is 8. The summed E-state index contributed by atoms with van der Waals surface area (Å²) in [5.41, 5.74) is 1.81. The summed E-state index contributed by atoms with van der Waals surface area (Å²) >= 11 is 0. The van der Waals surface area contributed by atoms with Crippen molar-refractivity contribution < 1.29 is 28.8 Å². The summed E-state index contributed by atoms with van der Waals surface area (Å²) < 4.78 is 23.6. The molecule has 156 valence electrons. The van der Waals surface area contributed by atoms with Crippen LogP contribution in [0.1, 0.15) is 21.5 Å². The molecule has 0 aromatic heterocycles. The van der Waals surface area contributed by atoms with Gasteiger partial charge >= 0.3 is 5.97 Å². The first-order chi connectivity index (χ1) is 13.9. The second-order valence-corrected chi connectivity index (χ2v) is 9.64. The quantitative estimate of drug-likeness (QED) is 0.565. The Morgan fingerprint density at radius 1 is 1.24 bits per heavy atom. The molecule has 8 heteroatoms. The molecule has 1 heterocycles. The molecule has 0 radical (unpaired) electrons. The monoisotopic (exact) mass is 419 g/mol. The van der Waals surface area contributed by atoms with Crippen LogP contribution in [0.2, 0.25) is 0 Å². The highest BCUT2D eigenvalue weighted by molar-refractivity contribution is 7.57. The molecule has 0 aliphatic carbocycles. The van der Waals surface area contributed by atoms with Crippen molar-refractivity contribution in [2.45, 2.75) is 24.7 Å². The minimum absolute atomic E-state index is 0.0357. The van der Waals surface area contributed by atoms with E-state index in [9.17, 15) is 19.4 Å². The van der Waals surface area contributed by atoms with Crippen molar-refractivity contribution in [2.24, 2.45) is 0 Å². The largest absolute Gasteiger partial charge is 0.497 e. The third-order valence-electron chi connectivity index (χ3n) is 4.96. The van der Waals surface area contributed by atoms with Gasteiger partial charge in [-0.2, -0.15) is 0 Å². The summed E-state index contributed by atoms with van der Waals surface area (Å²) in [6, 6.07) is 14.0. The van der Waals surface area contributed by atoms with Crippen LogP contribution in [0.5, 0.6) is 5.75 Å². The normalized spacial score (nSPS) is 21.3.